The normalized spacial score (nSPS) is 27.1. The second kappa shape index (κ2) is 2.97. The summed E-state index contributed by atoms with van der Waals surface area (Å²) in [5, 5.41) is 0. The third-order valence-electron chi connectivity index (χ3n) is 3.56. The van der Waals surface area contributed by atoms with Crippen molar-refractivity contribution < 1.29 is 8.42 Å². The van der Waals surface area contributed by atoms with Crippen LogP contribution in [0.4, 0.5) is 0 Å². The molecule has 0 spiro atoms. The fraction of sp³-hybridized carbons (Fsp3) is 1.00. The van der Waals surface area contributed by atoms with Gasteiger partial charge in [0.05, 0.1) is 4.75 Å². The van der Waals surface area contributed by atoms with Crippen molar-refractivity contribution in [1.29, 1.82) is 0 Å². The van der Waals surface area contributed by atoms with Gasteiger partial charge < -0.3 is 0 Å². The van der Waals surface area contributed by atoms with Crippen LogP contribution in [0.5, 0.6) is 0 Å². The highest BCUT2D eigenvalue weighted by atomic mass is 32.2. The summed E-state index contributed by atoms with van der Waals surface area (Å²) in [6, 6.07) is 0. The molecule has 1 aliphatic carbocycles. The van der Waals surface area contributed by atoms with Crippen molar-refractivity contribution in [2.75, 3.05) is 6.26 Å². The molecule has 13 heavy (non-hydrogen) atoms. The monoisotopic (exact) mass is 204 g/mol. The van der Waals surface area contributed by atoms with E-state index in [0.29, 0.717) is 5.41 Å². The molecule has 0 aromatic rings. The Kier molecular flexibility index (Phi) is 2.52. The van der Waals surface area contributed by atoms with Crippen molar-refractivity contribution in [1.82, 2.24) is 0 Å². The number of hydrogen-bond acceptors (Lipinski definition) is 2. The molecule has 78 valence electrons. The topological polar surface area (TPSA) is 34.1 Å². The predicted octanol–water partition coefficient (Wildman–Crippen LogP) is 2.39. The van der Waals surface area contributed by atoms with E-state index < -0.39 is 14.6 Å². The highest BCUT2D eigenvalue weighted by Crippen LogP contribution is 2.43. The third-order valence-corrected chi connectivity index (χ3v) is 5.75. The number of hydrogen-bond donors (Lipinski definition) is 0. The quantitative estimate of drug-likeness (QED) is 0.657. The highest BCUT2D eigenvalue weighted by Gasteiger charge is 2.41. The van der Waals surface area contributed by atoms with Gasteiger partial charge in [-0.15, -0.1) is 0 Å². The molecular formula is C10H20O2S. The first-order chi connectivity index (χ1) is 5.66. The molecule has 0 heterocycles. The molecule has 0 unspecified atom stereocenters. The third kappa shape index (κ3) is 2.25. The van der Waals surface area contributed by atoms with Crippen LogP contribution >= 0.6 is 0 Å². The van der Waals surface area contributed by atoms with Gasteiger partial charge >= 0.3 is 0 Å². The van der Waals surface area contributed by atoms with Gasteiger partial charge in [0.1, 0.15) is 0 Å². The van der Waals surface area contributed by atoms with Crippen molar-refractivity contribution in [3.05, 3.63) is 0 Å². The van der Waals surface area contributed by atoms with E-state index in [1.807, 2.05) is 6.92 Å². The molecule has 2 nitrogen and oxygen atoms in total. The average molecular weight is 204 g/mol. The van der Waals surface area contributed by atoms with Crippen LogP contribution in [0.25, 0.3) is 0 Å². The van der Waals surface area contributed by atoms with Gasteiger partial charge in [-0.3, -0.25) is 0 Å². The van der Waals surface area contributed by atoms with E-state index in [1.54, 1.807) is 0 Å². The van der Waals surface area contributed by atoms with Gasteiger partial charge in [0.2, 0.25) is 0 Å². The zero-order chi connectivity index (χ0) is 10.3. The van der Waals surface area contributed by atoms with Crippen molar-refractivity contribution in [2.24, 2.45) is 5.41 Å². The largest absolute Gasteiger partial charge is 0.229 e. The van der Waals surface area contributed by atoms with Gasteiger partial charge in [0.15, 0.2) is 9.84 Å². The van der Waals surface area contributed by atoms with Crippen LogP contribution in [-0.2, 0) is 9.84 Å². The first-order valence-corrected chi connectivity index (χ1v) is 6.75. The Balaban J connectivity index is 2.79. The number of sulfone groups is 1. The number of rotatable bonds is 1. The van der Waals surface area contributed by atoms with Gasteiger partial charge in [0.25, 0.3) is 0 Å². The summed E-state index contributed by atoms with van der Waals surface area (Å²) in [4.78, 5) is 0. The van der Waals surface area contributed by atoms with Crippen molar-refractivity contribution in [3.63, 3.8) is 0 Å². The predicted molar refractivity (Wildman–Crippen MR) is 55.5 cm³/mol. The van der Waals surface area contributed by atoms with E-state index in [2.05, 4.69) is 13.8 Å². The average Bonchev–Trinajstić information content (AvgIpc) is 1.94. The zero-order valence-electron chi connectivity index (χ0n) is 9.05. The van der Waals surface area contributed by atoms with Crippen LogP contribution in [0, 0.1) is 5.41 Å². The Hall–Kier alpha value is -0.0500. The molecular weight excluding hydrogens is 184 g/mol. The fourth-order valence-corrected chi connectivity index (χ4v) is 2.77. The summed E-state index contributed by atoms with van der Waals surface area (Å²) < 4.78 is 22.6. The first kappa shape index (κ1) is 11.0. The molecule has 0 N–H and O–H groups in total. The van der Waals surface area contributed by atoms with Gasteiger partial charge in [-0.25, -0.2) is 8.42 Å². The molecule has 0 aliphatic heterocycles. The zero-order valence-corrected chi connectivity index (χ0v) is 9.87. The van der Waals surface area contributed by atoms with E-state index in [1.165, 1.54) is 6.26 Å². The lowest BCUT2D eigenvalue weighted by Gasteiger charge is -2.40. The minimum Gasteiger partial charge on any atom is -0.229 e. The summed E-state index contributed by atoms with van der Waals surface area (Å²) in [5.74, 6) is 0. The molecule has 1 rings (SSSR count). The lowest BCUT2D eigenvalue weighted by atomic mass is 9.73. The second-order valence-corrected chi connectivity index (χ2v) is 7.92. The van der Waals surface area contributed by atoms with Gasteiger partial charge in [-0.1, -0.05) is 13.8 Å². The lowest BCUT2D eigenvalue weighted by Crippen LogP contribution is -2.40. The SMILES string of the molecule is CC1(C)CCC(C)(S(C)(=O)=O)CC1. The Morgan fingerprint density at radius 1 is 0.923 bits per heavy atom. The van der Waals surface area contributed by atoms with E-state index in [-0.39, 0.29) is 0 Å². The summed E-state index contributed by atoms with van der Waals surface area (Å²) in [6.07, 6.45) is 5.05. The van der Waals surface area contributed by atoms with Crippen molar-refractivity contribution in [3.8, 4) is 0 Å². The standard InChI is InChI=1S/C10H20O2S/c1-9(2)5-7-10(3,8-6-9)13(4,11)12/h5-8H2,1-4H3. The molecule has 0 bridgehead atoms. The molecule has 0 aromatic heterocycles. The Morgan fingerprint density at radius 2 is 1.31 bits per heavy atom. The molecule has 1 aliphatic rings. The van der Waals surface area contributed by atoms with E-state index in [4.69, 9.17) is 0 Å². The molecule has 0 saturated heterocycles. The molecule has 1 fully saturated rings. The summed E-state index contributed by atoms with van der Waals surface area (Å²) in [7, 11) is -2.88. The Bertz CT molecular complexity index is 278. The summed E-state index contributed by atoms with van der Waals surface area (Å²) in [5.41, 5.74) is 0.337. The van der Waals surface area contributed by atoms with Crippen LogP contribution in [0.1, 0.15) is 46.5 Å². The van der Waals surface area contributed by atoms with E-state index in [9.17, 15) is 8.42 Å². The molecule has 3 heteroatoms. The molecule has 1 saturated carbocycles. The minimum atomic E-state index is -2.88. The Morgan fingerprint density at radius 3 is 1.62 bits per heavy atom. The minimum absolute atomic E-state index is 0.337. The second-order valence-electron chi connectivity index (χ2n) is 5.39. The van der Waals surface area contributed by atoms with E-state index >= 15 is 0 Å². The van der Waals surface area contributed by atoms with Crippen LogP contribution in [0.15, 0.2) is 0 Å². The van der Waals surface area contributed by atoms with Crippen molar-refractivity contribution >= 4 is 9.84 Å². The van der Waals surface area contributed by atoms with Crippen LogP contribution in [0.2, 0.25) is 0 Å². The molecule has 0 atom stereocenters. The molecule has 0 radical (unpaired) electrons. The first-order valence-electron chi connectivity index (χ1n) is 4.86. The summed E-state index contributed by atoms with van der Waals surface area (Å²) in [6.45, 7) is 6.32. The van der Waals surface area contributed by atoms with Crippen LogP contribution in [-0.4, -0.2) is 19.4 Å². The van der Waals surface area contributed by atoms with Gasteiger partial charge in [0, 0.05) is 6.26 Å². The van der Waals surface area contributed by atoms with Crippen LogP contribution < -0.4 is 0 Å². The maximum absolute atomic E-state index is 11.5. The highest BCUT2D eigenvalue weighted by molar-refractivity contribution is 7.92. The maximum Gasteiger partial charge on any atom is 0.152 e. The lowest BCUT2D eigenvalue weighted by molar-refractivity contribution is 0.212. The molecule has 0 amide bonds. The van der Waals surface area contributed by atoms with Crippen LogP contribution in [0.3, 0.4) is 0 Å². The Labute approximate surface area is 81.6 Å². The maximum atomic E-state index is 11.5. The van der Waals surface area contributed by atoms with Gasteiger partial charge in [-0.2, -0.15) is 0 Å². The smallest absolute Gasteiger partial charge is 0.152 e. The van der Waals surface area contributed by atoms with E-state index in [0.717, 1.165) is 25.7 Å². The van der Waals surface area contributed by atoms with Crippen molar-refractivity contribution in [2.45, 2.75) is 51.2 Å². The summed E-state index contributed by atoms with van der Waals surface area (Å²) >= 11 is 0. The van der Waals surface area contributed by atoms with Gasteiger partial charge in [-0.05, 0) is 38.0 Å². The fourth-order valence-electron chi connectivity index (χ4n) is 1.83. The molecule has 0 aromatic carbocycles.